The molecule has 0 heterocycles. The lowest BCUT2D eigenvalue weighted by atomic mass is 10.1. The maximum atomic E-state index is 10.2. The molecule has 0 N–H and O–H groups in total. The van der Waals surface area contributed by atoms with Gasteiger partial charge in [-0.1, -0.05) is 44.9 Å². The van der Waals surface area contributed by atoms with Crippen molar-refractivity contribution in [2.75, 3.05) is 7.05 Å². The second-order valence-electron chi connectivity index (χ2n) is 3.52. The molecular weight excluding hydrogens is 174 g/mol. The Kier molecular flexibility index (Phi) is 9.41. The number of unbranched alkanes of at least 4 members (excludes halogenated alkanes) is 6. The lowest BCUT2D eigenvalue weighted by Gasteiger charge is -1.97. The summed E-state index contributed by atoms with van der Waals surface area (Å²) in [4.78, 5) is 11.5. The molecular formula is C12H21NO. The summed E-state index contributed by atoms with van der Waals surface area (Å²) >= 11 is 0. The molecule has 0 saturated carbocycles. The van der Waals surface area contributed by atoms with Crippen LogP contribution < -0.4 is 0 Å². The monoisotopic (exact) mass is 195 g/mol. The van der Waals surface area contributed by atoms with E-state index in [-0.39, 0.29) is 0 Å². The minimum Gasteiger partial charge on any atom is -0.278 e. The molecule has 0 bridgehead atoms. The van der Waals surface area contributed by atoms with Crippen LogP contribution >= 0.6 is 0 Å². The molecule has 0 radical (unpaired) electrons. The number of hydrogen-bond acceptors (Lipinski definition) is 1. The maximum absolute atomic E-state index is 10.2. The number of rotatable bonds is 7. The van der Waals surface area contributed by atoms with Gasteiger partial charge >= 0.3 is 0 Å². The normalized spacial score (nSPS) is 9.00. The van der Waals surface area contributed by atoms with E-state index in [1.807, 2.05) is 0 Å². The Hall–Kier alpha value is -0.970. The molecule has 0 aliphatic heterocycles. The first-order valence-electron chi connectivity index (χ1n) is 5.48. The van der Waals surface area contributed by atoms with E-state index in [4.69, 9.17) is 0 Å². The van der Waals surface area contributed by atoms with E-state index in [9.17, 15) is 4.79 Å². The van der Waals surface area contributed by atoms with Crippen molar-refractivity contribution in [3.8, 4) is 12.0 Å². The number of nitrogens with zero attached hydrogens (tertiary/aromatic N) is 1. The molecule has 0 aromatic rings. The van der Waals surface area contributed by atoms with Gasteiger partial charge < -0.3 is 0 Å². The number of carbonyl (C=O) groups is 1. The van der Waals surface area contributed by atoms with Gasteiger partial charge in [-0.25, -0.2) is 0 Å². The molecule has 0 unspecified atom stereocenters. The number of hydrogen-bond donors (Lipinski definition) is 0. The van der Waals surface area contributed by atoms with Crippen molar-refractivity contribution in [1.29, 1.82) is 0 Å². The zero-order valence-electron chi connectivity index (χ0n) is 9.38. The summed E-state index contributed by atoms with van der Waals surface area (Å²) in [7, 11) is 1.67. The van der Waals surface area contributed by atoms with Crippen molar-refractivity contribution in [1.82, 2.24) is 4.90 Å². The molecule has 1 amide bonds. The van der Waals surface area contributed by atoms with Crippen LogP contribution in [0.4, 0.5) is 0 Å². The number of amides is 1. The molecule has 0 rings (SSSR count). The minimum atomic E-state index is 0.730. The molecule has 14 heavy (non-hydrogen) atoms. The van der Waals surface area contributed by atoms with Gasteiger partial charge in [-0.3, -0.25) is 9.69 Å². The molecule has 0 saturated heterocycles. The molecule has 2 nitrogen and oxygen atoms in total. The Labute approximate surface area is 87.7 Å². The molecule has 0 aromatic heterocycles. The fourth-order valence-electron chi connectivity index (χ4n) is 1.20. The van der Waals surface area contributed by atoms with Crippen LogP contribution in [0.1, 0.15) is 51.9 Å². The highest BCUT2D eigenvalue weighted by Gasteiger charge is 1.88. The Balaban J connectivity index is 3.19. The van der Waals surface area contributed by atoms with E-state index in [0.29, 0.717) is 0 Å². The molecule has 0 atom stereocenters. The van der Waals surface area contributed by atoms with Crippen molar-refractivity contribution in [2.45, 2.75) is 51.9 Å². The van der Waals surface area contributed by atoms with Gasteiger partial charge in [0.25, 0.3) is 0 Å². The average molecular weight is 195 g/mol. The standard InChI is InChI=1S/C12H21NO/c1-3-4-5-6-7-8-9-10-11-13(2)12-14/h12H,3-9H2,1-2H3. The van der Waals surface area contributed by atoms with Crippen LogP contribution in [0.25, 0.3) is 0 Å². The van der Waals surface area contributed by atoms with E-state index in [1.165, 1.54) is 37.0 Å². The largest absolute Gasteiger partial charge is 0.278 e. The molecule has 0 spiro atoms. The van der Waals surface area contributed by atoms with Crippen LogP contribution in [0.5, 0.6) is 0 Å². The molecule has 0 aliphatic carbocycles. The van der Waals surface area contributed by atoms with E-state index in [2.05, 4.69) is 18.9 Å². The fraction of sp³-hybridized carbons (Fsp3) is 0.750. The van der Waals surface area contributed by atoms with Crippen LogP contribution in [0.2, 0.25) is 0 Å². The smallest absolute Gasteiger partial charge is 0.220 e. The first kappa shape index (κ1) is 13.0. The summed E-state index contributed by atoms with van der Waals surface area (Å²) in [6.07, 6.45) is 9.36. The van der Waals surface area contributed by atoms with E-state index >= 15 is 0 Å². The Morgan fingerprint density at radius 3 is 2.43 bits per heavy atom. The van der Waals surface area contributed by atoms with Gasteiger partial charge in [0.1, 0.15) is 0 Å². The predicted octanol–water partition coefficient (Wildman–Crippen LogP) is 2.79. The van der Waals surface area contributed by atoms with E-state index in [0.717, 1.165) is 19.3 Å². The molecule has 0 aromatic carbocycles. The van der Waals surface area contributed by atoms with Crippen molar-refractivity contribution in [3.05, 3.63) is 0 Å². The van der Waals surface area contributed by atoms with Gasteiger partial charge in [-0.15, -0.1) is 0 Å². The average Bonchev–Trinajstić information content (AvgIpc) is 2.21. The summed E-state index contributed by atoms with van der Waals surface area (Å²) in [6.45, 7) is 2.22. The highest BCUT2D eigenvalue weighted by Crippen LogP contribution is 2.05. The predicted molar refractivity (Wildman–Crippen MR) is 59.6 cm³/mol. The first-order valence-corrected chi connectivity index (χ1v) is 5.48. The van der Waals surface area contributed by atoms with Crippen molar-refractivity contribution >= 4 is 6.41 Å². The second kappa shape index (κ2) is 10.1. The van der Waals surface area contributed by atoms with Gasteiger partial charge in [0, 0.05) is 19.5 Å². The summed E-state index contributed by atoms with van der Waals surface area (Å²) in [5.41, 5.74) is 0. The van der Waals surface area contributed by atoms with Crippen molar-refractivity contribution in [3.63, 3.8) is 0 Å². The molecule has 2 heteroatoms. The molecule has 80 valence electrons. The van der Waals surface area contributed by atoms with Crippen molar-refractivity contribution in [2.24, 2.45) is 0 Å². The summed E-state index contributed by atoms with van der Waals surface area (Å²) in [5, 5.41) is 0. The van der Waals surface area contributed by atoms with Crippen LogP contribution in [0, 0.1) is 12.0 Å². The Morgan fingerprint density at radius 2 is 1.79 bits per heavy atom. The van der Waals surface area contributed by atoms with Crippen LogP contribution in [0.3, 0.4) is 0 Å². The SMILES string of the molecule is CCCCCCCCC#CN(C)C=O. The van der Waals surface area contributed by atoms with Crippen molar-refractivity contribution < 1.29 is 4.79 Å². The van der Waals surface area contributed by atoms with Crippen LogP contribution in [0.15, 0.2) is 0 Å². The Bertz CT molecular complexity index is 190. The maximum Gasteiger partial charge on any atom is 0.220 e. The van der Waals surface area contributed by atoms with Gasteiger partial charge in [0.05, 0.1) is 0 Å². The van der Waals surface area contributed by atoms with E-state index < -0.39 is 0 Å². The zero-order chi connectivity index (χ0) is 10.6. The zero-order valence-corrected chi connectivity index (χ0v) is 9.38. The summed E-state index contributed by atoms with van der Waals surface area (Å²) in [6, 6.07) is 2.75. The number of carbonyl (C=O) groups excluding carboxylic acids is 1. The summed E-state index contributed by atoms with van der Waals surface area (Å²) < 4.78 is 0. The van der Waals surface area contributed by atoms with Crippen LogP contribution in [-0.2, 0) is 4.79 Å². The van der Waals surface area contributed by atoms with Gasteiger partial charge in [-0.2, -0.15) is 0 Å². The van der Waals surface area contributed by atoms with E-state index in [1.54, 1.807) is 7.05 Å². The van der Waals surface area contributed by atoms with Gasteiger partial charge in [0.15, 0.2) is 0 Å². The molecule has 0 aliphatic rings. The highest BCUT2D eigenvalue weighted by atomic mass is 16.1. The summed E-state index contributed by atoms with van der Waals surface area (Å²) in [5.74, 6) is 2.97. The fourth-order valence-corrected chi connectivity index (χ4v) is 1.20. The Morgan fingerprint density at radius 1 is 1.14 bits per heavy atom. The lowest BCUT2D eigenvalue weighted by Crippen LogP contribution is -2.06. The third-order valence-corrected chi connectivity index (χ3v) is 2.07. The molecule has 0 fully saturated rings. The second-order valence-corrected chi connectivity index (χ2v) is 3.52. The van der Waals surface area contributed by atoms with Crippen LogP contribution in [-0.4, -0.2) is 18.4 Å². The first-order chi connectivity index (χ1) is 6.81. The third kappa shape index (κ3) is 9.12. The topological polar surface area (TPSA) is 20.3 Å². The minimum absolute atomic E-state index is 0.730. The van der Waals surface area contributed by atoms with Gasteiger partial charge in [0.2, 0.25) is 6.41 Å². The quantitative estimate of drug-likeness (QED) is 0.265. The highest BCUT2D eigenvalue weighted by molar-refractivity contribution is 5.49. The third-order valence-electron chi connectivity index (χ3n) is 2.07. The lowest BCUT2D eigenvalue weighted by molar-refractivity contribution is -0.114. The van der Waals surface area contributed by atoms with Gasteiger partial charge in [-0.05, 0) is 6.42 Å².